The van der Waals surface area contributed by atoms with Crippen molar-refractivity contribution < 1.29 is 9.53 Å². The van der Waals surface area contributed by atoms with Crippen LogP contribution in [-0.4, -0.2) is 29.0 Å². The van der Waals surface area contributed by atoms with Crippen LogP contribution in [0.4, 0.5) is 11.5 Å². The summed E-state index contributed by atoms with van der Waals surface area (Å²) >= 11 is 6.02. The van der Waals surface area contributed by atoms with E-state index in [2.05, 4.69) is 20.6 Å². The molecule has 2 N–H and O–H groups in total. The maximum atomic E-state index is 12.1. The van der Waals surface area contributed by atoms with E-state index in [-0.39, 0.29) is 11.6 Å². The smallest absolute Gasteiger partial charge is 0.275 e. The molecular weight excluding hydrogens is 304 g/mol. The number of ether oxygens (including phenoxy) is 1. The van der Waals surface area contributed by atoms with Gasteiger partial charge in [-0.25, -0.2) is 9.97 Å². The van der Waals surface area contributed by atoms with Crippen LogP contribution in [0.3, 0.4) is 0 Å². The molecule has 0 spiro atoms. The second kappa shape index (κ2) is 6.19. The van der Waals surface area contributed by atoms with Gasteiger partial charge in [0.1, 0.15) is 17.3 Å². The number of nitrogens with zero attached hydrogens (tertiary/aromatic N) is 2. The topological polar surface area (TPSA) is 76.1 Å². The summed E-state index contributed by atoms with van der Waals surface area (Å²) in [7, 11) is 1.53. The van der Waals surface area contributed by atoms with Crippen LogP contribution < -0.4 is 15.4 Å². The van der Waals surface area contributed by atoms with Gasteiger partial charge in [0.15, 0.2) is 0 Å². The zero-order valence-corrected chi connectivity index (χ0v) is 12.7. The van der Waals surface area contributed by atoms with E-state index in [1.165, 1.54) is 13.3 Å². The summed E-state index contributed by atoms with van der Waals surface area (Å²) in [4.78, 5) is 20.4. The molecular formula is C15H15ClN4O2. The van der Waals surface area contributed by atoms with Gasteiger partial charge in [0, 0.05) is 11.7 Å². The standard InChI is InChI=1S/C15H15ClN4O2/c1-22-13-5-4-10(6-11(13)16)20-15(21)12-7-18-14(8-17-12)19-9-2-3-9/h4-9H,2-3H2,1H3,(H,18,19)(H,20,21). The fourth-order valence-corrected chi connectivity index (χ4v) is 2.15. The molecule has 0 radical (unpaired) electrons. The molecule has 0 unspecified atom stereocenters. The number of nitrogens with one attached hydrogen (secondary N) is 2. The Labute approximate surface area is 132 Å². The van der Waals surface area contributed by atoms with Gasteiger partial charge in [-0.05, 0) is 31.0 Å². The van der Waals surface area contributed by atoms with Crippen LogP contribution in [0.25, 0.3) is 0 Å². The molecule has 7 heteroatoms. The van der Waals surface area contributed by atoms with Crippen LogP contribution in [0.1, 0.15) is 23.3 Å². The molecule has 2 aromatic rings. The van der Waals surface area contributed by atoms with Crippen LogP contribution in [0.5, 0.6) is 5.75 Å². The van der Waals surface area contributed by atoms with Crippen molar-refractivity contribution in [2.45, 2.75) is 18.9 Å². The van der Waals surface area contributed by atoms with E-state index in [0.717, 1.165) is 12.8 Å². The zero-order valence-electron chi connectivity index (χ0n) is 12.0. The number of carbonyl (C=O) groups is 1. The molecule has 22 heavy (non-hydrogen) atoms. The summed E-state index contributed by atoms with van der Waals surface area (Å²) < 4.78 is 5.07. The van der Waals surface area contributed by atoms with Gasteiger partial charge in [0.2, 0.25) is 0 Å². The molecule has 1 aliphatic rings. The first-order valence-corrected chi connectivity index (χ1v) is 7.27. The van der Waals surface area contributed by atoms with Crippen LogP contribution in [-0.2, 0) is 0 Å². The lowest BCUT2D eigenvalue weighted by molar-refractivity contribution is 0.102. The predicted molar refractivity (Wildman–Crippen MR) is 84.6 cm³/mol. The molecule has 114 valence electrons. The molecule has 1 heterocycles. The lowest BCUT2D eigenvalue weighted by atomic mass is 10.3. The zero-order chi connectivity index (χ0) is 15.5. The Morgan fingerprint density at radius 2 is 2.14 bits per heavy atom. The molecule has 1 fully saturated rings. The quantitative estimate of drug-likeness (QED) is 0.886. The number of methoxy groups -OCH3 is 1. The third-order valence-corrected chi connectivity index (χ3v) is 3.52. The maximum absolute atomic E-state index is 12.1. The van der Waals surface area contributed by atoms with Crippen LogP contribution >= 0.6 is 11.6 Å². The van der Waals surface area contributed by atoms with Crippen molar-refractivity contribution in [2.24, 2.45) is 0 Å². The minimum Gasteiger partial charge on any atom is -0.495 e. The summed E-state index contributed by atoms with van der Waals surface area (Å²) in [5.41, 5.74) is 0.811. The summed E-state index contributed by atoms with van der Waals surface area (Å²) in [6, 6.07) is 5.51. The van der Waals surface area contributed by atoms with Gasteiger partial charge in [-0.1, -0.05) is 11.6 Å². The van der Waals surface area contributed by atoms with Gasteiger partial charge >= 0.3 is 0 Å². The van der Waals surface area contributed by atoms with Gasteiger partial charge in [0.25, 0.3) is 5.91 Å². The van der Waals surface area contributed by atoms with E-state index in [1.54, 1.807) is 24.4 Å². The Kier molecular flexibility index (Phi) is 4.11. The molecule has 0 saturated heterocycles. The second-order valence-electron chi connectivity index (χ2n) is 5.01. The van der Waals surface area contributed by atoms with E-state index in [1.807, 2.05) is 0 Å². The molecule has 0 aliphatic heterocycles. The highest BCUT2D eigenvalue weighted by Crippen LogP contribution is 2.27. The van der Waals surface area contributed by atoms with Gasteiger partial charge < -0.3 is 15.4 Å². The third-order valence-electron chi connectivity index (χ3n) is 3.22. The van der Waals surface area contributed by atoms with E-state index in [4.69, 9.17) is 16.3 Å². The summed E-state index contributed by atoms with van der Waals surface area (Å²) in [6.07, 6.45) is 5.32. The normalized spacial score (nSPS) is 13.5. The van der Waals surface area contributed by atoms with E-state index >= 15 is 0 Å². The Morgan fingerprint density at radius 3 is 2.73 bits per heavy atom. The molecule has 0 atom stereocenters. The van der Waals surface area contributed by atoms with Crippen molar-refractivity contribution in [3.63, 3.8) is 0 Å². The summed E-state index contributed by atoms with van der Waals surface area (Å²) in [6.45, 7) is 0. The van der Waals surface area contributed by atoms with Crippen LogP contribution in [0.15, 0.2) is 30.6 Å². The average Bonchev–Trinajstić information content (AvgIpc) is 3.32. The monoisotopic (exact) mass is 318 g/mol. The second-order valence-corrected chi connectivity index (χ2v) is 5.42. The van der Waals surface area contributed by atoms with Gasteiger partial charge in [-0.3, -0.25) is 4.79 Å². The molecule has 1 amide bonds. The van der Waals surface area contributed by atoms with Crippen LogP contribution in [0.2, 0.25) is 5.02 Å². The van der Waals surface area contributed by atoms with Crippen molar-refractivity contribution in [1.82, 2.24) is 9.97 Å². The highest BCUT2D eigenvalue weighted by atomic mass is 35.5. The molecule has 6 nitrogen and oxygen atoms in total. The highest BCUT2D eigenvalue weighted by Gasteiger charge is 2.21. The number of hydrogen-bond donors (Lipinski definition) is 2. The molecule has 1 aromatic carbocycles. The molecule has 1 aromatic heterocycles. The number of anilines is 2. The fraction of sp³-hybridized carbons (Fsp3) is 0.267. The van der Waals surface area contributed by atoms with Crippen molar-refractivity contribution in [2.75, 3.05) is 17.7 Å². The maximum Gasteiger partial charge on any atom is 0.275 e. The predicted octanol–water partition coefficient (Wildman–Crippen LogP) is 2.97. The van der Waals surface area contributed by atoms with Crippen molar-refractivity contribution >= 4 is 29.0 Å². The Balaban J connectivity index is 1.66. The first kappa shape index (κ1) is 14.6. The minimum atomic E-state index is -0.341. The number of aromatic nitrogens is 2. The van der Waals surface area contributed by atoms with E-state index in [9.17, 15) is 4.79 Å². The summed E-state index contributed by atoms with van der Waals surface area (Å²) in [5.74, 6) is 0.896. The number of halogens is 1. The van der Waals surface area contributed by atoms with Gasteiger partial charge in [-0.2, -0.15) is 0 Å². The van der Waals surface area contributed by atoms with E-state index < -0.39 is 0 Å². The molecule has 1 aliphatic carbocycles. The Morgan fingerprint density at radius 1 is 1.32 bits per heavy atom. The highest BCUT2D eigenvalue weighted by molar-refractivity contribution is 6.32. The van der Waals surface area contributed by atoms with E-state index in [0.29, 0.717) is 28.3 Å². The fourth-order valence-electron chi connectivity index (χ4n) is 1.90. The Hall–Kier alpha value is -2.34. The first-order valence-electron chi connectivity index (χ1n) is 6.89. The number of rotatable bonds is 5. The largest absolute Gasteiger partial charge is 0.495 e. The minimum absolute atomic E-state index is 0.244. The van der Waals surface area contributed by atoms with Crippen molar-refractivity contribution in [1.29, 1.82) is 0 Å². The van der Waals surface area contributed by atoms with Crippen molar-refractivity contribution in [3.8, 4) is 5.75 Å². The lowest BCUT2D eigenvalue weighted by Crippen LogP contribution is -2.14. The number of benzene rings is 1. The average molecular weight is 319 g/mol. The number of amides is 1. The molecule has 1 saturated carbocycles. The van der Waals surface area contributed by atoms with Gasteiger partial charge in [-0.15, -0.1) is 0 Å². The van der Waals surface area contributed by atoms with Gasteiger partial charge in [0.05, 0.1) is 24.5 Å². The third kappa shape index (κ3) is 3.46. The molecule has 0 bridgehead atoms. The SMILES string of the molecule is COc1ccc(NC(=O)c2cnc(NC3CC3)cn2)cc1Cl. The molecule has 3 rings (SSSR count). The number of carbonyl (C=O) groups excluding carboxylic acids is 1. The lowest BCUT2D eigenvalue weighted by Gasteiger charge is -2.08. The number of hydrogen-bond acceptors (Lipinski definition) is 5. The summed E-state index contributed by atoms with van der Waals surface area (Å²) in [5, 5.41) is 6.36. The van der Waals surface area contributed by atoms with Crippen LogP contribution in [0, 0.1) is 0 Å². The Bertz CT molecular complexity index is 686. The van der Waals surface area contributed by atoms with Crippen molar-refractivity contribution in [3.05, 3.63) is 41.3 Å². The first-order chi connectivity index (χ1) is 10.7.